The standard InChI is InChI=1S/C18H17BrO5/c19-14-7-9-16(24-11-12-4-2-1-3-5-12)13(10-14)6-8-15(17(20)21)18(22)23/h1-5,7,9-10,15H,6,8,11H2,(H,20,21)(H,22,23). The Morgan fingerprint density at radius 2 is 1.71 bits per heavy atom. The fraction of sp³-hybridized carbons (Fsp3) is 0.222. The van der Waals surface area contributed by atoms with Crippen molar-refractivity contribution in [2.24, 2.45) is 5.92 Å². The molecule has 0 heterocycles. The van der Waals surface area contributed by atoms with Crippen molar-refractivity contribution in [3.05, 3.63) is 64.1 Å². The predicted molar refractivity (Wildman–Crippen MR) is 92.0 cm³/mol. The van der Waals surface area contributed by atoms with Crippen LogP contribution in [0.4, 0.5) is 0 Å². The highest BCUT2D eigenvalue weighted by molar-refractivity contribution is 9.10. The molecular formula is C18H17BrO5. The number of hydrogen-bond acceptors (Lipinski definition) is 3. The molecule has 0 radical (unpaired) electrons. The third-order valence-corrected chi connectivity index (χ3v) is 4.05. The van der Waals surface area contributed by atoms with E-state index in [1.54, 1.807) is 6.07 Å². The zero-order valence-corrected chi connectivity index (χ0v) is 14.4. The predicted octanol–water partition coefficient (Wildman–Crippen LogP) is 3.75. The van der Waals surface area contributed by atoms with Gasteiger partial charge in [0, 0.05) is 4.47 Å². The molecule has 24 heavy (non-hydrogen) atoms. The summed E-state index contributed by atoms with van der Waals surface area (Å²) in [5.74, 6) is -3.46. The van der Waals surface area contributed by atoms with E-state index in [2.05, 4.69) is 15.9 Å². The molecule has 0 unspecified atom stereocenters. The molecule has 0 saturated heterocycles. The summed E-state index contributed by atoms with van der Waals surface area (Å²) in [5, 5.41) is 18.0. The number of halogens is 1. The van der Waals surface area contributed by atoms with Gasteiger partial charge in [-0.2, -0.15) is 0 Å². The van der Waals surface area contributed by atoms with Crippen LogP contribution in [0.15, 0.2) is 53.0 Å². The molecule has 2 aromatic rings. The van der Waals surface area contributed by atoms with Crippen molar-refractivity contribution in [3.63, 3.8) is 0 Å². The molecule has 2 N–H and O–H groups in total. The minimum absolute atomic E-state index is 0.00279. The molecule has 2 rings (SSSR count). The number of carboxylic acid groups (broad SMARTS) is 2. The number of benzene rings is 2. The Morgan fingerprint density at radius 1 is 1.04 bits per heavy atom. The van der Waals surface area contributed by atoms with Gasteiger partial charge in [0.05, 0.1) is 0 Å². The van der Waals surface area contributed by atoms with Crippen LogP contribution in [0.5, 0.6) is 5.75 Å². The number of ether oxygens (including phenoxy) is 1. The van der Waals surface area contributed by atoms with Gasteiger partial charge in [-0.25, -0.2) is 0 Å². The molecule has 6 heteroatoms. The third kappa shape index (κ3) is 5.09. The Labute approximate surface area is 148 Å². The van der Waals surface area contributed by atoms with E-state index < -0.39 is 17.9 Å². The van der Waals surface area contributed by atoms with Crippen LogP contribution >= 0.6 is 15.9 Å². The Bertz CT molecular complexity index is 701. The quantitative estimate of drug-likeness (QED) is 0.668. The Hall–Kier alpha value is -2.34. The number of rotatable bonds is 8. The maximum Gasteiger partial charge on any atom is 0.317 e. The van der Waals surface area contributed by atoms with Crippen molar-refractivity contribution in [1.82, 2.24) is 0 Å². The van der Waals surface area contributed by atoms with Crippen LogP contribution < -0.4 is 4.74 Å². The van der Waals surface area contributed by atoms with Crippen molar-refractivity contribution in [1.29, 1.82) is 0 Å². The molecule has 5 nitrogen and oxygen atoms in total. The van der Waals surface area contributed by atoms with Gasteiger partial charge in [-0.15, -0.1) is 0 Å². The van der Waals surface area contributed by atoms with Gasteiger partial charge in [-0.3, -0.25) is 9.59 Å². The first-order valence-electron chi connectivity index (χ1n) is 7.38. The molecule has 126 valence electrons. The molecular weight excluding hydrogens is 376 g/mol. The summed E-state index contributed by atoms with van der Waals surface area (Å²) < 4.78 is 6.64. The van der Waals surface area contributed by atoms with Crippen LogP contribution in [0.25, 0.3) is 0 Å². The summed E-state index contributed by atoms with van der Waals surface area (Å²) in [7, 11) is 0. The second kappa shape index (κ2) is 8.49. The molecule has 2 aromatic carbocycles. The SMILES string of the molecule is O=C(O)C(CCc1cc(Br)ccc1OCc1ccccc1)C(=O)O. The minimum Gasteiger partial charge on any atom is -0.489 e. The van der Waals surface area contributed by atoms with E-state index in [0.717, 1.165) is 15.6 Å². The van der Waals surface area contributed by atoms with Gasteiger partial charge in [0.2, 0.25) is 0 Å². The summed E-state index contributed by atoms with van der Waals surface area (Å²) in [4.78, 5) is 22.0. The van der Waals surface area contributed by atoms with E-state index >= 15 is 0 Å². The summed E-state index contributed by atoms with van der Waals surface area (Å²) in [5.41, 5.74) is 1.79. The Kier molecular flexibility index (Phi) is 6.37. The van der Waals surface area contributed by atoms with Crippen LogP contribution in [-0.4, -0.2) is 22.2 Å². The number of hydrogen-bond donors (Lipinski definition) is 2. The summed E-state index contributed by atoms with van der Waals surface area (Å²) in [6, 6.07) is 15.1. The van der Waals surface area contributed by atoms with E-state index in [1.165, 1.54) is 0 Å². The molecule has 0 aliphatic carbocycles. The molecule has 0 spiro atoms. The smallest absolute Gasteiger partial charge is 0.317 e. The van der Waals surface area contributed by atoms with E-state index in [9.17, 15) is 9.59 Å². The highest BCUT2D eigenvalue weighted by Gasteiger charge is 2.25. The van der Waals surface area contributed by atoms with Crippen molar-refractivity contribution < 1.29 is 24.5 Å². The average Bonchev–Trinajstić information content (AvgIpc) is 2.54. The first kappa shape index (κ1) is 18.0. The van der Waals surface area contributed by atoms with Gasteiger partial charge < -0.3 is 14.9 Å². The number of carboxylic acids is 2. The molecule has 0 amide bonds. The van der Waals surface area contributed by atoms with Crippen LogP contribution in [0.1, 0.15) is 17.5 Å². The van der Waals surface area contributed by atoms with Gasteiger partial charge in [0.15, 0.2) is 5.92 Å². The topological polar surface area (TPSA) is 83.8 Å². The monoisotopic (exact) mass is 392 g/mol. The lowest BCUT2D eigenvalue weighted by molar-refractivity contribution is -0.154. The zero-order valence-electron chi connectivity index (χ0n) is 12.8. The Morgan fingerprint density at radius 3 is 2.33 bits per heavy atom. The van der Waals surface area contributed by atoms with Crippen molar-refractivity contribution in [2.75, 3.05) is 0 Å². The normalized spacial score (nSPS) is 10.6. The lowest BCUT2D eigenvalue weighted by atomic mass is 9.99. The minimum atomic E-state index is -1.43. The van der Waals surface area contributed by atoms with Gasteiger partial charge in [-0.1, -0.05) is 46.3 Å². The maximum absolute atomic E-state index is 11.0. The van der Waals surface area contributed by atoms with Crippen molar-refractivity contribution >= 4 is 27.9 Å². The summed E-state index contributed by atoms with van der Waals surface area (Å²) >= 11 is 3.37. The fourth-order valence-corrected chi connectivity index (χ4v) is 2.68. The van der Waals surface area contributed by atoms with Gasteiger partial charge in [-0.05, 0) is 42.2 Å². The summed E-state index contributed by atoms with van der Waals surface area (Å²) in [6.45, 7) is 0.386. The molecule has 0 aromatic heterocycles. The van der Waals surface area contributed by atoms with Gasteiger partial charge in [0.25, 0.3) is 0 Å². The van der Waals surface area contributed by atoms with Crippen LogP contribution in [0.2, 0.25) is 0 Å². The zero-order chi connectivity index (χ0) is 17.5. The second-order valence-electron chi connectivity index (χ2n) is 5.29. The number of aliphatic carboxylic acids is 2. The lowest BCUT2D eigenvalue weighted by Crippen LogP contribution is -2.23. The average molecular weight is 393 g/mol. The second-order valence-corrected chi connectivity index (χ2v) is 6.21. The first-order valence-corrected chi connectivity index (χ1v) is 8.17. The molecule has 0 aliphatic heterocycles. The first-order chi connectivity index (χ1) is 11.5. The molecule has 0 atom stereocenters. The fourth-order valence-electron chi connectivity index (χ4n) is 2.27. The van der Waals surface area contributed by atoms with Crippen LogP contribution in [0.3, 0.4) is 0 Å². The molecule has 0 bridgehead atoms. The van der Waals surface area contributed by atoms with Crippen molar-refractivity contribution in [3.8, 4) is 5.75 Å². The van der Waals surface area contributed by atoms with Gasteiger partial charge in [0.1, 0.15) is 12.4 Å². The highest BCUT2D eigenvalue weighted by atomic mass is 79.9. The maximum atomic E-state index is 11.0. The molecule has 0 saturated carbocycles. The lowest BCUT2D eigenvalue weighted by Gasteiger charge is -2.13. The number of aryl methyl sites for hydroxylation is 1. The van der Waals surface area contributed by atoms with Gasteiger partial charge >= 0.3 is 11.9 Å². The van der Waals surface area contributed by atoms with E-state index in [1.807, 2.05) is 42.5 Å². The van der Waals surface area contributed by atoms with Crippen molar-refractivity contribution in [2.45, 2.75) is 19.4 Å². The highest BCUT2D eigenvalue weighted by Crippen LogP contribution is 2.26. The molecule has 0 fully saturated rings. The Balaban J connectivity index is 2.09. The summed E-state index contributed by atoms with van der Waals surface area (Å²) in [6.07, 6.45) is 0.301. The largest absolute Gasteiger partial charge is 0.489 e. The third-order valence-electron chi connectivity index (χ3n) is 3.56. The number of carbonyl (C=O) groups is 2. The molecule has 0 aliphatic rings. The van der Waals surface area contributed by atoms with Crippen LogP contribution in [0, 0.1) is 5.92 Å². The van der Waals surface area contributed by atoms with Crippen LogP contribution in [-0.2, 0) is 22.6 Å². The van der Waals surface area contributed by atoms with E-state index in [0.29, 0.717) is 18.8 Å². The van der Waals surface area contributed by atoms with E-state index in [-0.39, 0.29) is 6.42 Å². The van der Waals surface area contributed by atoms with E-state index in [4.69, 9.17) is 14.9 Å².